The van der Waals surface area contributed by atoms with E-state index in [2.05, 4.69) is 17.7 Å². The fourth-order valence-electron chi connectivity index (χ4n) is 0.821. The van der Waals surface area contributed by atoms with Crippen molar-refractivity contribution in [1.29, 1.82) is 5.26 Å². The van der Waals surface area contributed by atoms with Gasteiger partial charge < -0.3 is 0 Å². The molecule has 1 aliphatic rings. The molecule has 2 nitrogen and oxygen atoms in total. The van der Waals surface area contributed by atoms with E-state index in [1.165, 1.54) is 11.3 Å². The molecule has 0 unspecified atom stereocenters. The lowest BCUT2D eigenvalue weighted by atomic mass is 9.92. The summed E-state index contributed by atoms with van der Waals surface area (Å²) < 4.78 is 0. The molecule has 1 rings (SSSR count). The van der Waals surface area contributed by atoms with Gasteiger partial charge in [0.15, 0.2) is 11.7 Å². The van der Waals surface area contributed by atoms with E-state index in [9.17, 15) is 0 Å². The van der Waals surface area contributed by atoms with Gasteiger partial charge in [-0.25, -0.2) is 0 Å². The van der Waals surface area contributed by atoms with Gasteiger partial charge in [-0.15, -0.1) is 0 Å². The number of thiocarbonyl (C=S) groups is 1. The number of nitrogens with zero attached hydrogens (tertiary/aromatic N) is 2. The van der Waals surface area contributed by atoms with Gasteiger partial charge in [0.1, 0.15) is 0 Å². The molecule has 1 aliphatic carbocycles. The zero-order chi connectivity index (χ0) is 6.69. The highest BCUT2D eigenvalue weighted by Crippen LogP contribution is 2.22. The van der Waals surface area contributed by atoms with Gasteiger partial charge in [-0.1, -0.05) is 12.2 Å². The van der Waals surface area contributed by atoms with E-state index in [1.807, 2.05) is 6.19 Å². The van der Waals surface area contributed by atoms with Crippen LogP contribution in [-0.4, -0.2) is 16.4 Å². The summed E-state index contributed by atoms with van der Waals surface area (Å²) in [7, 11) is 0. The highest BCUT2D eigenvalue weighted by molar-refractivity contribution is 7.78. The van der Waals surface area contributed by atoms with Crippen molar-refractivity contribution < 1.29 is 0 Å². The van der Waals surface area contributed by atoms with Crippen LogP contribution in [0.4, 0.5) is 0 Å². The highest BCUT2D eigenvalue weighted by atomic mass is 32.1. The Labute approximate surface area is 60.1 Å². The molecule has 1 radical (unpaired) electrons. The third-order valence-corrected chi connectivity index (χ3v) is 1.84. The summed E-state index contributed by atoms with van der Waals surface area (Å²) in [6, 6.07) is 0.368. The summed E-state index contributed by atoms with van der Waals surface area (Å²) in [5.41, 5.74) is 2.41. The van der Waals surface area contributed by atoms with Gasteiger partial charge in [0.2, 0.25) is 0 Å². The van der Waals surface area contributed by atoms with Gasteiger partial charge in [0, 0.05) is 6.04 Å². The maximum atomic E-state index is 8.41. The molecule has 0 spiro atoms. The number of hydrogen-bond donors (Lipinski definition) is 0. The summed E-state index contributed by atoms with van der Waals surface area (Å²) in [5.74, 6) is 0. The monoisotopic (exact) mass is 139 g/mol. The van der Waals surface area contributed by atoms with Crippen molar-refractivity contribution in [2.24, 2.45) is 0 Å². The van der Waals surface area contributed by atoms with Crippen molar-refractivity contribution in [3.8, 4) is 6.19 Å². The highest BCUT2D eigenvalue weighted by Gasteiger charge is 2.22. The van der Waals surface area contributed by atoms with Crippen molar-refractivity contribution in [1.82, 2.24) is 4.90 Å². The van der Waals surface area contributed by atoms with E-state index < -0.39 is 0 Å². The van der Waals surface area contributed by atoms with Crippen LogP contribution < -0.4 is 0 Å². The maximum absolute atomic E-state index is 8.41. The smallest absolute Gasteiger partial charge is 0.185 e. The van der Waals surface area contributed by atoms with Gasteiger partial charge in [-0.2, -0.15) is 5.26 Å². The average Bonchev–Trinajstić information content (AvgIpc) is 1.78. The quantitative estimate of drug-likeness (QED) is 0.326. The molecule has 0 bridgehead atoms. The predicted molar refractivity (Wildman–Crippen MR) is 37.7 cm³/mol. The fourth-order valence-corrected chi connectivity index (χ4v) is 1.01. The molecule has 0 N–H and O–H groups in total. The molecule has 9 heavy (non-hydrogen) atoms. The normalized spacial score (nSPS) is 17.7. The molecule has 0 saturated heterocycles. The molecule has 3 heteroatoms. The fraction of sp³-hybridized carbons (Fsp3) is 0.667. The molecule has 1 saturated carbocycles. The molecule has 0 aromatic rings. The van der Waals surface area contributed by atoms with Gasteiger partial charge in [0.05, 0.1) is 0 Å². The second-order valence-corrected chi connectivity index (χ2v) is 2.33. The van der Waals surface area contributed by atoms with E-state index in [1.54, 1.807) is 0 Å². The molecular formula is C6H7N2S. The van der Waals surface area contributed by atoms with Crippen LogP contribution in [-0.2, 0) is 0 Å². The van der Waals surface area contributed by atoms with Crippen molar-refractivity contribution in [3.63, 3.8) is 0 Å². The van der Waals surface area contributed by atoms with Gasteiger partial charge in [-0.3, -0.25) is 4.90 Å². The second kappa shape index (κ2) is 2.79. The van der Waals surface area contributed by atoms with E-state index in [-0.39, 0.29) is 0 Å². The van der Waals surface area contributed by atoms with Crippen molar-refractivity contribution >= 4 is 17.7 Å². The molecule has 0 aromatic carbocycles. The second-order valence-electron chi connectivity index (χ2n) is 2.15. The first-order valence-corrected chi connectivity index (χ1v) is 3.36. The first-order valence-electron chi connectivity index (χ1n) is 2.95. The molecule has 0 aliphatic heterocycles. The number of rotatable bonds is 2. The summed E-state index contributed by atoms with van der Waals surface area (Å²) in [6.45, 7) is 0. The average molecular weight is 139 g/mol. The largest absolute Gasteiger partial charge is 0.264 e. The van der Waals surface area contributed by atoms with Crippen LogP contribution in [0.2, 0.25) is 0 Å². The van der Waals surface area contributed by atoms with Crippen LogP contribution >= 0.6 is 12.2 Å². The van der Waals surface area contributed by atoms with E-state index in [0.29, 0.717) is 6.04 Å². The lowest BCUT2D eigenvalue weighted by Gasteiger charge is -2.29. The van der Waals surface area contributed by atoms with Crippen molar-refractivity contribution in [2.75, 3.05) is 0 Å². The van der Waals surface area contributed by atoms with Gasteiger partial charge in [-0.05, 0) is 19.3 Å². The SMILES string of the molecule is N#CN([C]=S)C1CCC1. The van der Waals surface area contributed by atoms with Crippen LogP contribution in [0.25, 0.3) is 0 Å². The van der Waals surface area contributed by atoms with E-state index >= 15 is 0 Å². The van der Waals surface area contributed by atoms with E-state index in [0.717, 1.165) is 12.8 Å². The number of hydrogen-bond acceptors (Lipinski definition) is 2. The number of nitriles is 1. The summed E-state index contributed by atoms with van der Waals surface area (Å²) in [4.78, 5) is 1.43. The first-order chi connectivity index (χ1) is 4.38. The zero-order valence-electron chi connectivity index (χ0n) is 5.00. The van der Waals surface area contributed by atoms with Crippen LogP contribution in [0.1, 0.15) is 19.3 Å². The van der Waals surface area contributed by atoms with E-state index in [4.69, 9.17) is 5.26 Å². The lowest BCUT2D eigenvalue weighted by Crippen LogP contribution is -2.34. The van der Waals surface area contributed by atoms with Gasteiger partial charge >= 0.3 is 0 Å². The predicted octanol–water partition coefficient (Wildman–Crippen LogP) is 1.16. The van der Waals surface area contributed by atoms with Crippen molar-refractivity contribution in [2.45, 2.75) is 25.3 Å². The summed E-state index contributed by atoms with van der Waals surface area (Å²) in [6.07, 6.45) is 5.38. The Bertz CT molecular complexity index is 146. The van der Waals surface area contributed by atoms with Gasteiger partial charge in [0.25, 0.3) is 0 Å². The Hall–Kier alpha value is -0.620. The molecule has 0 atom stereocenters. The maximum Gasteiger partial charge on any atom is 0.185 e. The zero-order valence-corrected chi connectivity index (χ0v) is 5.82. The molecule has 0 amide bonds. The molecule has 47 valence electrons. The Balaban J connectivity index is 2.38. The summed E-state index contributed by atoms with van der Waals surface area (Å²) in [5, 5.41) is 8.41. The van der Waals surface area contributed by atoms with Crippen LogP contribution in [0.5, 0.6) is 0 Å². The van der Waals surface area contributed by atoms with Crippen LogP contribution in [0.3, 0.4) is 0 Å². The molecule has 1 fully saturated rings. The molecule has 0 heterocycles. The first kappa shape index (κ1) is 6.50. The third-order valence-electron chi connectivity index (χ3n) is 1.65. The van der Waals surface area contributed by atoms with Crippen LogP contribution in [0.15, 0.2) is 0 Å². The lowest BCUT2D eigenvalue weighted by molar-refractivity contribution is 0.277. The third kappa shape index (κ3) is 1.19. The Morgan fingerprint density at radius 1 is 1.56 bits per heavy atom. The van der Waals surface area contributed by atoms with Crippen LogP contribution in [0, 0.1) is 11.5 Å². The minimum Gasteiger partial charge on any atom is -0.264 e. The minimum absolute atomic E-state index is 0.368. The Kier molecular flexibility index (Phi) is 2.01. The minimum atomic E-state index is 0.368. The molecule has 0 aromatic heterocycles. The standard InChI is InChI=1S/C6H7N2S/c7-4-8(5-9)6-2-1-3-6/h6H,1-3H2. The Morgan fingerprint density at radius 2 is 2.22 bits per heavy atom. The van der Waals surface area contributed by atoms with Crippen molar-refractivity contribution in [3.05, 3.63) is 0 Å². The topological polar surface area (TPSA) is 27.0 Å². The summed E-state index contributed by atoms with van der Waals surface area (Å²) >= 11 is 4.50. The molecular weight excluding hydrogens is 132 g/mol. The Morgan fingerprint density at radius 3 is 2.33 bits per heavy atom.